The summed E-state index contributed by atoms with van der Waals surface area (Å²) in [5.41, 5.74) is 1.41. The lowest BCUT2D eigenvalue weighted by Crippen LogP contribution is -2.22. The van der Waals surface area contributed by atoms with E-state index >= 15 is 0 Å². The fraction of sp³-hybridized carbons (Fsp3) is 0.333. The van der Waals surface area contributed by atoms with Gasteiger partial charge in [0, 0.05) is 19.4 Å². The maximum Gasteiger partial charge on any atom is 0.221 e. The van der Waals surface area contributed by atoms with Gasteiger partial charge >= 0.3 is 0 Å². The highest BCUT2D eigenvalue weighted by atomic mass is 19.1. The predicted octanol–water partition coefficient (Wildman–Crippen LogP) is 2.05. The molecule has 1 aromatic carbocycles. The molecule has 1 aromatic rings. The Balaban J connectivity index is 2.46. The molecule has 0 atom stereocenters. The average Bonchev–Trinajstić information content (AvgIpc) is 2.28. The summed E-state index contributed by atoms with van der Waals surface area (Å²) in [6, 6.07) is 6.61. The molecule has 0 aliphatic carbocycles. The summed E-state index contributed by atoms with van der Waals surface area (Å²) >= 11 is 0. The molecule has 4 heteroatoms. The molecule has 3 nitrogen and oxygen atoms in total. The summed E-state index contributed by atoms with van der Waals surface area (Å²) < 4.78 is 12.9. The van der Waals surface area contributed by atoms with Crippen LogP contribution in [0.5, 0.6) is 0 Å². The van der Waals surface area contributed by atoms with Gasteiger partial charge in [0.1, 0.15) is 5.82 Å². The normalized spacial score (nSPS) is 9.56. The molecular weight excluding hydrogens is 207 g/mol. The summed E-state index contributed by atoms with van der Waals surface area (Å²) in [7, 11) is 0. The maximum atomic E-state index is 12.9. The number of rotatable bonds is 4. The molecule has 0 fully saturated rings. The van der Waals surface area contributed by atoms with Gasteiger partial charge in [0.25, 0.3) is 0 Å². The van der Waals surface area contributed by atoms with Gasteiger partial charge in [-0.05, 0) is 24.1 Å². The third kappa shape index (κ3) is 3.70. The topological polar surface area (TPSA) is 52.9 Å². The van der Waals surface area contributed by atoms with Crippen LogP contribution in [0.3, 0.4) is 0 Å². The molecule has 0 aliphatic rings. The van der Waals surface area contributed by atoms with Gasteiger partial charge < -0.3 is 5.32 Å². The van der Waals surface area contributed by atoms with E-state index in [2.05, 4.69) is 5.32 Å². The lowest BCUT2D eigenvalue weighted by Gasteiger charge is -2.05. The third-order valence-electron chi connectivity index (χ3n) is 2.18. The Kier molecular flexibility index (Phi) is 4.46. The number of amides is 1. The van der Waals surface area contributed by atoms with E-state index in [-0.39, 0.29) is 24.6 Å². The molecule has 0 radical (unpaired) electrons. The molecule has 16 heavy (non-hydrogen) atoms. The highest BCUT2D eigenvalue weighted by molar-refractivity contribution is 5.76. The Morgan fingerprint density at radius 3 is 2.94 bits per heavy atom. The van der Waals surface area contributed by atoms with E-state index in [1.54, 1.807) is 19.1 Å². The summed E-state index contributed by atoms with van der Waals surface area (Å²) in [5.74, 6) is -0.414. The minimum atomic E-state index is -0.250. The van der Waals surface area contributed by atoms with Gasteiger partial charge in [0.15, 0.2) is 0 Å². The van der Waals surface area contributed by atoms with Crippen molar-refractivity contribution >= 4 is 5.91 Å². The number of nitrogens with zero attached hydrogens (tertiary/aromatic N) is 1. The van der Waals surface area contributed by atoms with Gasteiger partial charge in [0.2, 0.25) is 5.91 Å². The quantitative estimate of drug-likeness (QED) is 0.844. The smallest absolute Gasteiger partial charge is 0.221 e. The van der Waals surface area contributed by atoms with Crippen LogP contribution in [-0.2, 0) is 11.3 Å². The molecule has 0 aromatic heterocycles. The van der Waals surface area contributed by atoms with Gasteiger partial charge in [-0.3, -0.25) is 4.79 Å². The zero-order valence-corrected chi connectivity index (χ0v) is 9.09. The summed E-state index contributed by atoms with van der Waals surface area (Å²) in [6.07, 6.45) is 0.422. The van der Waals surface area contributed by atoms with Gasteiger partial charge in [-0.25, -0.2) is 4.39 Å². The lowest BCUT2D eigenvalue weighted by molar-refractivity contribution is -0.121. The van der Waals surface area contributed by atoms with Gasteiger partial charge in [-0.15, -0.1) is 0 Å². The average molecular weight is 220 g/mol. The molecule has 1 N–H and O–H groups in total. The zero-order valence-electron chi connectivity index (χ0n) is 9.09. The fourth-order valence-electron chi connectivity index (χ4n) is 1.28. The molecule has 0 unspecified atom stereocenters. The van der Waals surface area contributed by atoms with E-state index in [1.807, 2.05) is 6.07 Å². The Morgan fingerprint density at radius 1 is 1.56 bits per heavy atom. The molecule has 0 aliphatic heterocycles. The molecular formula is C12H13FN2O. The van der Waals surface area contributed by atoms with Gasteiger partial charge in [-0.2, -0.15) is 5.26 Å². The van der Waals surface area contributed by atoms with Gasteiger partial charge in [0.05, 0.1) is 6.07 Å². The van der Waals surface area contributed by atoms with Crippen molar-refractivity contribution in [1.82, 2.24) is 5.32 Å². The number of nitriles is 1. The van der Waals surface area contributed by atoms with Crippen LogP contribution in [0.15, 0.2) is 18.2 Å². The van der Waals surface area contributed by atoms with Crippen molar-refractivity contribution in [2.45, 2.75) is 26.3 Å². The number of aryl methyl sites for hydroxylation is 1. The van der Waals surface area contributed by atoms with Crippen LogP contribution < -0.4 is 5.32 Å². The van der Waals surface area contributed by atoms with E-state index in [1.165, 1.54) is 6.07 Å². The van der Waals surface area contributed by atoms with E-state index in [4.69, 9.17) is 5.26 Å². The van der Waals surface area contributed by atoms with Crippen LogP contribution in [0.4, 0.5) is 4.39 Å². The van der Waals surface area contributed by atoms with Crippen LogP contribution >= 0.6 is 0 Å². The molecule has 1 rings (SSSR count). The van der Waals surface area contributed by atoms with Crippen LogP contribution in [0.25, 0.3) is 0 Å². The lowest BCUT2D eigenvalue weighted by atomic mass is 10.1. The summed E-state index contributed by atoms with van der Waals surface area (Å²) in [5, 5.41) is 11.0. The maximum absolute atomic E-state index is 12.9. The Morgan fingerprint density at radius 2 is 2.31 bits per heavy atom. The molecule has 84 valence electrons. The van der Waals surface area contributed by atoms with Crippen molar-refractivity contribution < 1.29 is 9.18 Å². The number of benzene rings is 1. The van der Waals surface area contributed by atoms with Crippen molar-refractivity contribution in [1.29, 1.82) is 5.26 Å². The number of hydrogen-bond donors (Lipinski definition) is 1. The fourth-order valence-corrected chi connectivity index (χ4v) is 1.28. The molecule has 0 spiro atoms. The van der Waals surface area contributed by atoms with Crippen LogP contribution in [0.1, 0.15) is 24.0 Å². The van der Waals surface area contributed by atoms with Crippen molar-refractivity contribution in [3.63, 3.8) is 0 Å². The first-order chi connectivity index (χ1) is 7.63. The minimum Gasteiger partial charge on any atom is -0.352 e. The molecule has 0 saturated carbocycles. The van der Waals surface area contributed by atoms with E-state index in [0.717, 1.165) is 5.56 Å². The monoisotopic (exact) mass is 220 g/mol. The summed E-state index contributed by atoms with van der Waals surface area (Å²) in [4.78, 5) is 11.2. The molecule has 0 bridgehead atoms. The molecule has 1 amide bonds. The van der Waals surface area contributed by atoms with Crippen LogP contribution in [0.2, 0.25) is 0 Å². The molecule has 0 heterocycles. The highest BCUT2D eigenvalue weighted by Gasteiger charge is 2.02. The largest absolute Gasteiger partial charge is 0.352 e. The highest BCUT2D eigenvalue weighted by Crippen LogP contribution is 2.08. The van der Waals surface area contributed by atoms with E-state index in [9.17, 15) is 9.18 Å². The SMILES string of the molecule is Cc1cc(CNC(=O)CCC#N)ccc1F. The third-order valence-corrected chi connectivity index (χ3v) is 2.18. The summed E-state index contributed by atoms with van der Waals surface area (Å²) in [6.45, 7) is 2.04. The van der Waals surface area contributed by atoms with E-state index < -0.39 is 0 Å². The van der Waals surface area contributed by atoms with Gasteiger partial charge in [-0.1, -0.05) is 12.1 Å². The van der Waals surface area contributed by atoms with Crippen molar-refractivity contribution in [3.8, 4) is 6.07 Å². The second kappa shape index (κ2) is 5.86. The minimum absolute atomic E-state index is 0.163. The predicted molar refractivity (Wildman–Crippen MR) is 57.8 cm³/mol. The van der Waals surface area contributed by atoms with E-state index in [0.29, 0.717) is 12.1 Å². The Labute approximate surface area is 93.9 Å². The number of hydrogen-bond acceptors (Lipinski definition) is 2. The van der Waals surface area contributed by atoms with Crippen LogP contribution in [0, 0.1) is 24.1 Å². The number of nitrogens with one attached hydrogen (secondary N) is 1. The van der Waals surface area contributed by atoms with Crippen molar-refractivity contribution in [2.24, 2.45) is 0 Å². The Bertz CT molecular complexity index is 424. The zero-order chi connectivity index (χ0) is 12.0. The Hall–Kier alpha value is -1.89. The van der Waals surface area contributed by atoms with Crippen molar-refractivity contribution in [3.05, 3.63) is 35.1 Å². The molecule has 0 saturated heterocycles. The number of carbonyl (C=O) groups is 1. The van der Waals surface area contributed by atoms with Crippen LogP contribution in [-0.4, -0.2) is 5.91 Å². The first-order valence-electron chi connectivity index (χ1n) is 5.02. The van der Waals surface area contributed by atoms with Crippen molar-refractivity contribution in [2.75, 3.05) is 0 Å². The second-order valence-electron chi connectivity index (χ2n) is 3.52. The standard InChI is InChI=1S/C12H13FN2O/c1-9-7-10(4-5-11(9)13)8-15-12(16)3-2-6-14/h4-5,7H,2-3,8H2,1H3,(H,15,16). The number of halogens is 1. The first kappa shape index (κ1) is 12.2. The number of carbonyl (C=O) groups excluding carboxylic acids is 1. The second-order valence-corrected chi connectivity index (χ2v) is 3.52. The first-order valence-corrected chi connectivity index (χ1v) is 5.02.